The fourth-order valence-corrected chi connectivity index (χ4v) is 2.83. The molecule has 1 aliphatic carbocycles. The molecule has 0 aromatic heterocycles. The molecule has 2 rings (SSSR count). The van der Waals surface area contributed by atoms with E-state index in [0.717, 1.165) is 13.0 Å². The van der Waals surface area contributed by atoms with Crippen molar-refractivity contribution in [2.24, 2.45) is 5.41 Å². The number of aliphatic hydroxyl groups is 1. The number of rotatable bonds is 0. The Labute approximate surface area is 74.4 Å². The topological polar surface area (TPSA) is 32.3 Å². The largest absolute Gasteiger partial charge is 0.393 e. The Hall–Kier alpha value is -0.0800. The summed E-state index contributed by atoms with van der Waals surface area (Å²) in [6.45, 7) is 3.39. The Morgan fingerprint density at radius 3 is 2.92 bits per heavy atom. The third kappa shape index (κ3) is 1.17. The van der Waals surface area contributed by atoms with Crippen LogP contribution in [0.4, 0.5) is 0 Å². The highest BCUT2D eigenvalue weighted by Crippen LogP contribution is 2.41. The van der Waals surface area contributed by atoms with E-state index >= 15 is 0 Å². The Kier molecular flexibility index (Phi) is 2.13. The number of hydrogen-bond donors (Lipinski definition) is 2. The number of nitrogens with one attached hydrogen (secondary N) is 1. The summed E-state index contributed by atoms with van der Waals surface area (Å²) in [5.41, 5.74) is 0.177. The first-order valence-electron chi connectivity index (χ1n) is 5.15. The highest BCUT2D eigenvalue weighted by molar-refractivity contribution is 4.98. The maximum absolute atomic E-state index is 9.92. The molecule has 0 aromatic carbocycles. The Balaban J connectivity index is 2.14. The Bertz CT molecular complexity index is 169. The van der Waals surface area contributed by atoms with Crippen molar-refractivity contribution in [1.29, 1.82) is 0 Å². The van der Waals surface area contributed by atoms with Crippen LogP contribution in [-0.4, -0.2) is 23.8 Å². The second-order valence-electron chi connectivity index (χ2n) is 4.56. The van der Waals surface area contributed by atoms with Gasteiger partial charge in [0.15, 0.2) is 0 Å². The molecule has 3 unspecified atom stereocenters. The Morgan fingerprint density at radius 1 is 1.33 bits per heavy atom. The number of aliphatic hydroxyl groups excluding tert-OH is 1. The van der Waals surface area contributed by atoms with Crippen molar-refractivity contribution in [2.75, 3.05) is 6.54 Å². The van der Waals surface area contributed by atoms with E-state index in [-0.39, 0.29) is 11.5 Å². The van der Waals surface area contributed by atoms with Crippen molar-refractivity contribution in [2.45, 2.75) is 51.2 Å². The molecule has 2 nitrogen and oxygen atoms in total. The van der Waals surface area contributed by atoms with Gasteiger partial charge in [-0.1, -0.05) is 6.92 Å². The molecule has 1 heterocycles. The smallest absolute Gasteiger partial charge is 0.0608 e. The van der Waals surface area contributed by atoms with E-state index in [1.54, 1.807) is 0 Å². The van der Waals surface area contributed by atoms with Gasteiger partial charge in [-0.3, -0.25) is 0 Å². The predicted molar refractivity (Wildman–Crippen MR) is 49.0 cm³/mol. The zero-order valence-corrected chi connectivity index (χ0v) is 7.84. The standard InChI is InChI=1S/C10H19NO/c1-10-6-3-7-11-8(10)4-2-5-9(10)12/h8-9,11-12H,2-7H2,1H3. The van der Waals surface area contributed by atoms with Gasteiger partial charge in [0, 0.05) is 11.5 Å². The minimum Gasteiger partial charge on any atom is -0.393 e. The van der Waals surface area contributed by atoms with Crippen LogP contribution in [0.3, 0.4) is 0 Å². The molecule has 1 saturated heterocycles. The van der Waals surface area contributed by atoms with Gasteiger partial charge in [-0.05, 0) is 38.6 Å². The molecule has 0 aromatic rings. The summed E-state index contributed by atoms with van der Waals surface area (Å²) in [7, 11) is 0. The van der Waals surface area contributed by atoms with Gasteiger partial charge in [0.1, 0.15) is 0 Å². The first-order chi connectivity index (χ1) is 5.73. The van der Waals surface area contributed by atoms with Gasteiger partial charge >= 0.3 is 0 Å². The highest BCUT2D eigenvalue weighted by atomic mass is 16.3. The normalized spacial score (nSPS) is 48.5. The summed E-state index contributed by atoms with van der Waals surface area (Å²) in [4.78, 5) is 0. The maximum atomic E-state index is 9.92. The third-order valence-corrected chi connectivity index (χ3v) is 3.81. The molecule has 1 aliphatic heterocycles. The summed E-state index contributed by atoms with van der Waals surface area (Å²) in [6.07, 6.45) is 5.82. The van der Waals surface area contributed by atoms with E-state index in [2.05, 4.69) is 12.2 Å². The van der Waals surface area contributed by atoms with Crippen LogP contribution in [-0.2, 0) is 0 Å². The second kappa shape index (κ2) is 3.00. The molecule has 0 bridgehead atoms. The molecular weight excluding hydrogens is 150 g/mol. The predicted octanol–water partition coefficient (Wildman–Crippen LogP) is 1.29. The molecule has 2 heteroatoms. The number of hydrogen-bond acceptors (Lipinski definition) is 2. The average molecular weight is 169 g/mol. The van der Waals surface area contributed by atoms with Crippen molar-refractivity contribution in [3.63, 3.8) is 0 Å². The highest BCUT2D eigenvalue weighted by Gasteiger charge is 2.44. The summed E-state index contributed by atoms with van der Waals surface area (Å²) in [5.74, 6) is 0. The van der Waals surface area contributed by atoms with Crippen LogP contribution in [0.5, 0.6) is 0 Å². The quantitative estimate of drug-likeness (QED) is 0.572. The van der Waals surface area contributed by atoms with Crippen molar-refractivity contribution >= 4 is 0 Å². The van der Waals surface area contributed by atoms with Crippen LogP contribution in [0.1, 0.15) is 39.0 Å². The van der Waals surface area contributed by atoms with Gasteiger partial charge in [-0.15, -0.1) is 0 Å². The molecule has 12 heavy (non-hydrogen) atoms. The molecular formula is C10H19NO. The van der Waals surface area contributed by atoms with Crippen molar-refractivity contribution in [3.05, 3.63) is 0 Å². The van der Waals surface area contributed by atoms with E-state index in [0.29, 0.717) is 6.04 Å². The zero-order chi connectivity index (χ0) is 8.60. The van der Waals surface area contributed by atoms with Gasteiger partial charge in [0.05, 0.1) is 6.10 Å². The molecule has 2 aliphatic rings. The lowest BCUT2D eigenvalue weighted by Crippen LogP contribution is -2.56. The molecule has 0 amide bonds. The molecule has 3 atom stereocenters. The number of fused-ring (bicyclic) bond motifs is 1. The van der Waals surface area contributed by atoms with Crippen LogP contribution in [0.25, 0.3) is 0 Å². The van der Waals surface area contributed by atoms with Crippen LogP contribution in [0.2, 0.25) is 0 Å². The molecule has 70 valence electrons. The fourth-order valence-electron chi connectivity index (χ4n) is 2.83. The lowest BCUT2D eigenvalue weighted by molar-refractivity contribution is -0.0424. The lowest BCUT2D eigenvalue weighted by Gasteiger charge is -2.48. The molecule has 1 saturated carbocycles. The maximum Gasteiger partial charge on any atom is 0.0608 e. The first kappa shape index (κ1) is 8.52. The molecule has 2 fully saturated rings. The van der Waals surface area contributed by atoms with Crippen molar-refractivity contribution < 1.29 is 5.11 Å². The summed E-state index contributed by atoms with van der Waals surface area (Å²) in [5, 5.41) is 13.5. The van der Waals surface area contributed by atoms with E-state index in [1.807, 2.05) is 0 Å². The van der Waals surface area contributed by atoms with Gasteiger partial charge in [0.25, 0.3) is 0 Å². The summed E-state index contributed by atoms with van der Waals surface area (Å²) >= 11 is 0. The van der Waals surface area contributed by atoms with Crippen LogP contribution < -0.4 is 5.32 Å². The summed E-state index contributed by atoms with van der Waals surface area (Å²) < 4.78 is 0. The Morgan fingerprint density at radius 2 is 2.17 bits per heavy atom. The van der Waals surface area contributed by atoms with Gasteiger partial charge in [-0.25, -0.2) is 0 Å². The monoisotopic (exact) mass is 169 g/mol. The number of piperidine rings is 1. The minimum absolute atomic E-state index is 0.0657. The average Bonchev–Trinajstić information content (AvgIpc) is 2.07. The minimum atomic E-state index is -0.0657. The van der Waals surface area contributed by atoms with E-state index in [9.17, 15) is 5.11 Å². The second-order valence-corrected chi connectivity index (χ2v) is 4.56. The van der Waals surface area contributed by atoms with E-state index < -0.39 is 0 Å². The van der Waals surface area contributed by atoms with E-state index in [1.165, 1.54) is 25.7 Å². The molecule has 0 spiro atoms. The first-order valence-corrected chi connectivity index (χ1v) is 5.15. The summed E-state index contributed by atoms with van der Waals surface area (Å²) in [6, 6.07) is 0.579. The molecule has 0 radical (unpaired) electrons. The van der Waals surface area contributed by atoms with Crippen LogP contribution in [0.15, 0.2) is 0 Å². The third-order valence-electron chi connectivity index (χ3n) is 3.81. The van der Waals surface area contributed by atoms with Crippen molar-refractivity contribution in [1.82, 2.24) is 5.32 Å². The van der Waals surface area contributed by atoms with Gasteiger partial charge < -0.3 is 10.4 Å². The van der Waals surface area contributed by atoms with Crippen LogP contribution in [0, 0.1) is 5.41 Å². The van der Waals surface area contributed by atoms with Crippen molar-refractivity contribution in [3.8, 4) is 0 Å². The van der Waals surface area contributed by atoms with Gasteiger partial charge in [-0.2, -0.15) is 0 Å². The molecule has 2 N–H and O–H groups in total. The van der Waals surface area contributed by atoms with Gasteiger partial charge in [0.2, 0.25) is 0 Å². The zero-order valence-electron chi connectivity index (χ0n) is 7.84. The lowest BCUT2D eigenvalue weighted by atomic mass is 9.65. The van der Waals surface area contributed by atoms with E-state index in [4.69, 9.17) is 0 Å². The SMILES string of the molecule is CC12CCCNC1CCCC2O. The van der Waals surface area contributed by atoms with Crippen LogP contribution >= 0.6 is 0 Å². The fraction of sp³-hybridized carbons (Fsp3) is 1.00.